The van der Waals surface area contributed by atoms with Crippen molar-refractivity contribution in [3.05, 3.63) is 88.0 Å². The van der Waals surface area contributed by atoms with E-state index in [1.165, 1.54) is 16.7 Å². The van der Waals surface area contributed by atoms with E-state index in [9.17, 15) is 14.4 Å². The second-order valence-electron chi connectivity index (χ2n) is 12.9. The van der Waals surface area contributed by atoms with Crippen LogP contribution in [0.5, 0.6) is 17.2 Å². The minimum absolute atomic E-state index is 0.0153. The van der Waals surface area contributed by atoms with E-state index < -0.39 is 12.0 Å². The van der Waals surface area contributed by atoms with Crippen LogP contribution in [-0.4, -0.2) is 63.0 Å². The van der Waals surface area contributed by atoms with E-state index in [1.807, 2.05) is 55.1 Å². The summed E-state index contributed by atoms with van der Waals surface area (Å²) in [4.78, 5) is 42.3. The molecule has 0 bridgehead atoms. The lowest BCUT2D eigenvalue weighted by molar-refractivity contribution is -0.142. The predicted octanol–water partition coefficient (Wildman–Crippen LogP) is 7.00. The van der Waals surface area contributed by atoms with Crippen LogP contribution in [0.2, 0.25) is 0 Å². The van der Waals surface area contributed by atoms with Crippen LogP contribution in [0, 0.1) is 20.8 Å². The number of likely N-dealkylation sites (N-methyl/N-ethyl adjacent to an activating group) is 1. The third-order valence-electron chi connectivity index (χ3n) is 9.73. The molecule has 8 heteroatoms. The number of amides is 2. The zero-order chi connectivity index (χ0) is 34.8. The SMILES string of the molecule is CC[C@H](C(=O)N1CCCC[C@H]1C(=O)CC(CCc1ccc(C)c(C)c1)c1cccc(OCC(=O)NC)c1)c1cc(C)c(OC)c(OC)c1. The Balaban J connectivity index is 1.59. The van der Waals surface area contributed by atoms with Crippen LogP contribution in [0.1, 0.15) is 90.7 Å². The highest BCUT2D eigenvalue weighted by Crippen LogP contribution is 2.37. The fourth-order valence-corrected chi connectivity index (χ4v) is 6.81. The normalized spacial score (nSPS) is 15.7. The molecule has 3 atom stereocenters. The van der Waals surface area contributed by atoms with Gasteiger partial charge in [-0.05, 0) is 117 Å². The molecule has 1 aliphatic rings. The summed E-state index contributed by atoms with van der Waals surface area (Å²) in [6, 6.07) is 17.7. The molecule has 0 radical (unpaired) electrons. The first-order valence-electron chi connectivity index (χ1n) is 17.1. The van der Waals surface area contributed by atoms with Gasteiger partial charge in [0.1, 0.15) is 5.75 Å². The van der Waals surface area contributed by atoms with Crippen LogP contribution < -0.4 is 19.5 Å². The molecule has 1 aliphatic heterocycles. The molecule has 3 aromatic rings. The van der Waals surface area contributed by atoms with E-state index in [4.69, 9.17) is 14.2 Å². The fraction of sp³-hybridized carbons (Fsp3) is 0.475. The summed E-state index contributed by atoms with van der Waals surface area (Å²) < 4.78 is 16.9. The number of carbonyl (C=O) groups excluding carboxylic acids is 3. The van der Waals surface area contributed by atoms with Crippen LogP contribution in [0.25, 0.3) is 0 Å². The van der Waals surface area contributed by atoms with Gasteiger partial charge in [0.25, 0.3) is 5.91 Å². The van der Waals surface area contributed by atoms with E-state index >= 15 is 0 Å². The molecule has 1 unspecified atom stereocenters. The van der Waals surface area contributed by atoms with Gasteiger partial charge in [0.05, 0.1) is 26.2 Å². The molecule has 48 heavy (non-hydrogen) atoms. The summed E-state index contributed by atoms with van der Waals surface area (Å²) in [6.07, 6.45) is 4.92. The molecule has 258 valence electrons. The lowest BCUT2D eigenvalue weighted by Crippen LogP contribution is -2.49. The Morgan fingerprint density at radius 1 is 0.917 bits per heavy atom. The summed E-state index contributed by atoms with van der Waals surface area (Å²) in [6.45, 7) is 8.67. The molecule has 3 aromatic carbocycles. The van der Waals surface area contributed by atoms with Gasteiger partial charge in [-0.2, -0.15) is 0 Å². The van der Waals surface area contributed by atoms with Crippen LogP contribution in [0.4, 0.5) is 0 Å². The Bertz CT molecular complexity index is 1580. The molecule has 0 aliphatic carbocycles. The average molecular weight is 657 g/mol. The number of methoxy groups -OCH3 is 2. The van der Waals surface area contributed by atoms with Crippen molar-refractivity contribution in [2.45, 2.75) is 90.5 Å². The summed E-state index contributed by atoms with van der Waals surface area (Å²) >= 11 is 0. The number of rotatable bonds is 15. The monoisotopic (exact) mass is 656 g/mol. The van der Waals surface area contributed by atoms with Crippen LogP contribution in [0.15, 0.2) is 54.6 Å². The highest BCUT2D eigenvalue weighted by Gasteiger charge is 2.36. The van der Waals surface area contributed by atoms with Crippen molar-refractivity contribution in [3.8, 4) is 17.2 Å². The Kier molecular flexibility index (Phi) is 13.1. The van der Waals surface area contributed by atoms with Gasteiger partial charge >= 0.3 is 0 Å². The highest BCUT2D eigenvalue weighted by molar-refractivity contribution is 5.92. The van der Waals surface area contributed by atoms with Crippen LogP contribution in [0.3, 0.4) is 0 Å². The maximum Gasteiger partial charge on any atom is 0.257 e. The van der Waals surface area contributed by atoms with Crippen molar-refractivity contribution in [2.24, 2.45) is 0 Å². The number of ether oxygens (including phenoxy) is 3. The third-order valence-corrected chi connectivity index (χ3v) is 9.73. The first-order chi connectivity index (χ1) is 23.1. The van der Waals surface area contributed by atoms with Crippen molar-refractivity contribution in [3.63, 3.8) is 0 Å². The topological polar surface area (TPSA) is 94.2 Å². The molecule has 0 saturated carbocycles. The maximum absolute atomic E-state index is 14.3. The highest BCUT2D eigenvalue weighted by atomic mass is 16.5. The smallest absolute Gasteiger partial charge is 0.257 e. The van der Waals surface area contributed by atoms with Crippen LogP contribution >= 0.6 is 0 Å². The fourth-order valence-electron chi connectivity index (χ4n) is 6.81. The van der Waals surface area contributed by atoms with E-state index in [1.54, 1.807) is 21.3 Å². The van der Waals surface area contributed by atoms with Gasteiger partial charge in [0.15, 0.2) is 23.9 Å². The first kappa shape index (κ1) is 36.5. The van der Waals surface area contributed by atoms with Crippen molar-refractivity contribution in [1.29, 1.82) is 0 Å². The van der Waals surface area contributed by atoms with Gasteiger partial charge in [0.2, 0.25) is 5.91 Å². The van der Waals surface area contributed by atoms with Gasteiger partial charge in [-0.15, -0.1) is 0 Å². The molecule has 0 spiro atoms. The van der Waals surface area contributed by atoms with E-state index in [2.05, 4.69) is 37.4 Å². The molecule has 1 heterocycles. The zero-order valence-corrected chi connectivity index (χ0v) is 29.7. The van der Waals surface area contributed by atoms with E-state index in [0.29, 0.717) is 43.1 Å². The number of hydrogen-bond donors (Lipinski definition) is 1. The molecule has 8 nitrogen and oxygen atoms in total. The molecular weight excluding hydrogens is 604 g/mol. The number of likely N-dealkylation sites (tertiary alicyclic amines) is 1. The standard InChI is InChI=1S/C40H52N2O6/c1-8-34(32-21-28(4)39(47-7)37(24-32)46-6)40(45)42-19-10-9-14-35(42)36(43)23-31(18-17-29-16-15-26(2)27(3)20-29)30-12-11-13-33(22-30)48-25-38(44)41-5/h11-13,15-16,20-22,24,31,34-35H,8-10,14,17-19,23,25H2,1-7H3,(H,41,44)/t31?,34-,35-/m0/s1. The zero-order valence-electron chi connectivity index (χ0n) is 29.7. The maximum atomic E-state index is 14.3. The van der Waals surface area contributed by atoms with Gasteiger partial charge in [-0.25, -0.2) is 0 Å². The Morgan fingerprint density at radius 3 is 2.40 bits per heavy atom. The number of ketones is 1. The predicted molar refractivity (Wildman–Crippen MR) is 189 cm³/mol. The molecule has 0 aromatic heterocycles. The van der Waals surface area contributed by atoms with Gasteiger partial charge in [0, 0.05) is 20.0 Å². The van der Waals surface area contributed by atoms with Gasteiger partial charge < -0.3 is 24.4 Å². The minimum atomic E-state index is -0.474. The van der Waals surface area contributed by atoms with Crippen molar-refractivity contribution < 1.29 is 28.6 Å². The second kappa shape index (κ2) is 17.2. The number of hydrogen-bond acceptors (Lipinski definition) is 6. The van der Waals surface area contributed by atoms with E-state index in [0.717, 1.165) is 42.4 Å². The molecule has 1 fully saturated rings. The number of nitrogens with one attached hydrogen (secondary N) is 1. The largest absolute Gasteiger partial charge is 0.493 e. The number of aryl methyl sites for hydroxylation is 4. The first-order valence-corrected chi connectivity index (χ1v) is 17.1. The Labute approximate surface area is 286 Å². The lowest BCUT2D eigenvalue weighted by atomic mass is 9.84. The molecular formula is C40H52N2O6. The van der Waals surface area contributed by atoms with Crippen molar-refractivity contribution >= 4 is 17.6 Å². The van der Waals surface area contributed by atoms with Crippen LogP contribution in [-0.2, 0) is 20.8 Å². The molecule has 2 amide bonds. The summed E-state index contributed by atoms with van der Waals surface area (Å²) in [5.74, 6) is 1.22. The average Bonchev–Trinajstić information content (AvgIpc) is 3.10. The van der Waals surface area contributed by atoms with Gasteiger partial charge in [-0.3, -0.25) is 14.4 Å². The lowest BCUT2D eigenvalue weighted by Gasteiger charge is -2.37. The second-order valence-corrected chi connectivity index (χ2v) is 12.9. The van der Waals surface area contributed by atoms with E-state index in [-0.39, 0.29) is 30.1 Å². The number of carbonyl (C=O) groups is 3. The number of piperidine rings is 1. The quantitative estimate of drug-likeness (QED) is 0.189. The molecule has 1 N–H and O–H groups in total. The molecule has 1 saturated heterocycles. The Hall–Kier alpha value is -4.33. The number of nitrogens with zero attached hydrogens (tertiary/aromatic N) is 1. The number of Topliss-reactive ketones (excluding diaryl/α,β-unsaturated/α-hetero) is 1. The Morgan fingerprint density at radius 2 is 1.71 bits per heavy atom. The van der Waals surface area contributed by atoms with Crippen molar-refractivity contribution in [2.75, 3.05) is 34.4 Å². The number of benzene rings is 3. The summed E-state index contributed by atoms with van der Waals surface area (Å²) in [7, 11) is 4.79. The molecule has 4 rings (SSSR count). The summed E-state index contributed by atoms with van der Waals surface area (Å²) in [5, 5.41) is 2.58. The minimum Gasteiger partial charge on any atom is -0.493 e. The van der Waals surface area contributed by atoms with Crippen molar-refractivity contribution in [1.82, 2.24) is 10.2 Å². The summed E-state index contributed by atoms with van der Waals surface area (Å²) in [5.41, 5.74) is 6.49. The van der Waals surface area contributed by atoms with Gasteiger partial charge in [-0.1, -0.05) is 43.3 Å². The third kappa shape index (κ3) is 8.97.